The van der Waals surface area contributed by atoms with E-state index in [1.54, 1.807) is 18.3 Å². The van der Waals surface area contributed by atoms with Gasteiger partial charge in [0.25, 0.3) is 5.91 Å². The van der Waals surface area contributed by atoms with Crippen LogP contribution in [0.1, 0.15) is 38.5 Å². The Morgan fingerprint density at radius 2 is 1.76 bits per heavy atom. The minimum Gasteiger partial charge on any atom is -0.482 e. The third-order valence-electron chi connectivity index (χ3n) is 6.67. The largest absolute Gasteiger partial charge is 0.482 e. The molecule has 2 N–H and O–H groups in total. The first-order valence-electron chi connectivity index (χ1n) is 10.5. The first kappa shape index (κ1) is 18.7. The fraction of sp³-hybridized carbons (Fsp3) is 0.478. The number of amides is 1. The Bertz CT molecular complexity index is 864. The van der Waals surface area contributed by atoms with Crippen LogP contribution in [0.2, 0.25) is 5.02 Å². The number of nitrogens with one attached hydrogen (secondary N) is 2. The molecule has 4 bridgehead atoms. The second-order valence-corrected chi connectivity index (χ2v) is 9.43. The van der Waals surface area contributed by atoms with Crippen molar-refractivity contribution in [3.63, 3.8) is 0 Å². The number of hydrogen-bond donors (Lipinski definition) is 2. The molecule has 6 heteroatoms. The van der Waals surface area contributed by atoms with E-state index in [1.165, 1.54) is 38.5 Å². The van der Waals surface area contributed by atoms with Gasteiger partial charge in [0.05, 0.1) is 16.9 Å². The number of carbonyl (C=O) groups excluding carboxylic acids is 1. The van der Waals surface area contributed by atoms with Crippen LogP contribution in [0.25, 0.3) is 0 Å². The van der Waals surface area contributed by atoms with Crippen LogP contribution in [0.15, 0.2) is 42.6 Å². The topological polar surface area (TPSA) is 63.2 Å². The average Bonchev–Trinajstić information content (AvgIpc) is 2.68. The Morgan fingerprint density at radius 3 is 2.38 bits per heavy atom. The maximum absolute atomic E-state index is 12.2. The summed E-state index contributed by atoms with van der Waals surface area (Å²) in [5, 5.41) is 7.07. The van der Waals surface area contributed by atoms with Crippen LogP contribution >= 0.6 is 11.6 Å². The summed E-state index contributed by atoms with van der Waals surface area (Å²) in [6.45, 7) is -0.100. The third kappa shape index (κ3) is 4.06. The molecule has 1 aromatic carbocycles. The highest BCUT2D eigenvalue weighted by atomic mass is 35.5. The second-order valence-electron chi connectivity index (χ2n) is 9.02. The van der Waals surface area contributed by atoms with Gasteiger partial charge < -0.3 is 15.4 Å². The number of rotatable bonds is 6. The van der Waals surface area contributed by atoms with Crippen molar-refractivity contribution in [3.8, 4) is 5.75 Å². The lowest BCUT2D eigenvalue weighted by atomic mass is 9.53. The molecule has 0 unspecified atom stereocenters. The summed E-state index contributed by atoms with van der Waals surface area (Å²) >= 11 is 6.04. The van der Waals surface area contributed by atoms with Crippen molar-refractivity contribution >= 4 is 29.0 Å². The van der Waals surface area contributed by atoms with Crippen molar-refractivity contribution in [2.75, 3.05) is 17.2 Å². The molecule has 6 rings (SSSR count). The smallest absolute Gasteiger partial charge is 0.262 e. The van der Waals surface area contributed by atoms with Gasteiger partial charge >= 0.3 is 0 Å². The number of hydrogen-bond acceptors (Lipinski definition) is 4. The van der Waals surface area contributed by atoms with Crippen LogP contribution in [-0.4, -0.2) is 23.0 Å². The molecule has 0 radical (unpaired) electrons. The normalized spacial score (nSPS) is 29.5. The average molecular weight is 412 g/mol. The Labute approximate surface area is 176 Å². The van der Waals surface area contributed by atoms with E-state index in [4.69, 9.17) is 16.3 Å². The quantitative estimate of drug-likeness (QED) is 0.691. The van der Waals surface area contributed by atoms with Crippen LogP contribution in [-0.2, 0) is 4.79 Å². The fourth-order valence-corrected chi connectivity index (χ4v) is 6.17. The molecule has 0 aliphatic heterocycles. The molecular weight excluding hydrogens is 386 g/mol. The number of aromatic nitrogens is 1. The second kappa shape index (κ2) is 7.52. The summed E-state index contributed by atoms with van der Waals surface area (Å²) in [6, 6.07) is 11.0. The van der Waals surface area contributed by atoms with Crippen LogP contribution in [0.3, 0.4) is 0 Å². The fourth-order valence-electron chi connectivity index (χ4n) is 5.98. The number of carbonyl (C=O) groups is 1. The highest BCUT2D eigenvalue weighted by Gasteiger charge is 2.51. The van der Waals surface area contributed by atoms with Crippen molar-refractivity contribution < 1.29 is 9.53 Å². The van der Waals surface area contributed by atoms with Crippen molar-refractivity contribution in [1.29, 1.82) is 0 Å². The molecule has 1 aromatic heterocycles. The molecular formula is C23H26ClN3O2. The first-order chi connectivity index (χ1) is 14.1. The molecule has 4 aliphatic rings. The summed E-state index contributed by atoms with van der Waals surface area (Å²) < 4.78 is 5.48. The lowest BCUT2D eigenvalue weighted by Crippen LogP contribution is -2.54. The van der Waals surface area contributed by atoms with E-state index >= 15 is 0 Å². The SMILES string of the molecule is O=C(COc1ccccc1Cl)Nc1ccc(NC23CC4CC(CC(C4)C2)C3)nc1. The maximum atomic E-state index is 12.2. The van der Waals surface area contributed by atoms with Gasteiger partial charge in [0.2, 0.25) is 0 Å². The minimum absolute atomic E-state index is 0.100. The predicted octanol–water partition coefficient (Wildman–Crippen LogP) is 5.13. The molecule has 0 saturated heterocycles. The molecule has 4 saturated carbocycles. The summed E-state index contributed by atoms with van der Waals surface area (Å²) in [5.74, 6) is 3.84. The summed E-state index contributed by atoms with van der Waals surface area (Å²) in [7, 11) is 0. The van der Waals surface area contributed by atoms with Crippen molar-refractivity contribution in [2.45, 2.75) is 44.1 Å². The Morgan fingerprint density at radius 1 is 1.07 bits per heavy atom. The zero-order valence-corrected chi connectivity index (χ0v) is 17.1. The number of nitrogens with zero attached hydrogens (tertiary/aromatic N) is 1. The van der Waals surface area contributed by atoms with Gasteiger partial charge in [0, 0.05) is 5.54 Å². The Kier molecular flexibility index (Phi) is 4.86. The summed E-state index contributed by atoms with van der Waals surface area (Å²) in [4.78, 5) is 16.7. The highest BCUT2D eigenvalue weighted by Crippen LogP contribution is 2.56. The van der Waals surface area contributed by atoms with Crippen LogP contribution in [0.5, 0.6) is 5.75 Å². The molecule has 0 atom stereocenters. The third-order valence-corrected chi connectivity index (χ3v) is 6.99. The molecule has 1 heterocycles. The number of anilines is 2. The number of pyridine rings is 1. The molecule has 4 aliphatic carbocycles. The van der Waals surface area contributed by atoms with Gasteiger partial charge in [0.15, 0.2) is 6.61 Å². The van der Waals surface area contributed by atoms with Gasteiger partial charge in [-0.2, -0.15) is 0 Å². The van der Waals surface area contributed by atoms with Crippen LogP contribution in [0, 0.1) is 17.8 Å². The van der Waals surface area contributed by atoms with Crippen molar-refractivity contribution in [3.05, 3.63) is 47.6 Å². The number of para-hydroxylation sites is 1. The van der Waals surface area contributed by atoms with E-state index in [9.17, 15) is 4.79 Å². The number of ether oxygens (including phenoxy) is 1. The lowest BCUT2D eigenvalue weighted by Gasteiger charge is -2.57. The summed E-state index contributed by atoms with van der Waals surface area (Å²) in [5.41, 5.74) is 0.892. The van der Waals surface area contributed by atoms with E-state index in [1.807, 2.05) is 24.3 Å². The van der Waals surface area contributed by atoms with Gasteiger partial charge in [-0.3, -0.25) is 4.79 Å². The molecule has 1 amide bonds. The lowest BCUT2D eigenvalue weighted by molar-refractivity contribution is -0.118. The molecule has 0 spiro atoms. The van der Waals surface area contributed by atoms with Gasteiger partial charge in [-0.05, 0) is 80.5 Å². The Hall–Kier alpha value is -2.27. The van der Waals surface area contributed by atoms with Crippen LogP contribution in [0.4, 0.5) is 11.5 Å². The maximum Gasteiger partial charge on any atom is 0.262 e. The molecule has 152 valence electrons. The van der Waals surface area contributed by atoms with E-state index in [0.29, 0.717) is 16.5 Å². The predicted molar refractivity (Wildman–Crippen MR) is 114 cm³/mol. The van der Waals surface area contributed by atoms with Gasteiger partial charge in [0.1, 0.15) is 11.6 Å². The van der Waals surface area contributed by atoms with Crippen molar-refractivity contribution in [1.82, 2.24) is 4.98 Å². The standard InChI is InChI=1S/C23H26ClN3O2/c24-19-3-1-2-4-20(19)29-14-22(28)26-18-5-6-21(25-13-18)27-23-10-15-7-16(11-23)9-17(8-15)12-23/h1-6,13,15-17H,7-12,14H2,(H,25,27)(H,26,28). The zero-order chi connectivity index (χ0) is 19.8. The molecule has 29 heavy (non-hydrogen) atoms. The van der Waals surface area contributed by atoms with Gasteiger partial charge in [-0.15, -0.1) is 0 Å². The van der Waals surface area contributed by atoms with Gasteiger partial charge in [-0.1, -0.05) is 23.7 Å². The van der Waals surface area contributed by atoms with Crippen LogP contribution < -0.4 is 15.4 Å². The highest BCUT2D eigenvalue weighted by molar-refractivity contribution is 6.32. The monoisotopic (exact) mass is 411 g/mol. The Balaban J connectivity index is 1.17. The molecule has 2 aromatic rings. The summed E-state index contributed by atoms with van der Waals surface area (Å²) in [6.07, 6.45) is 9.81. The number of halogens is 1. The van der Waals surface area contributed by atoms with E-state index in [0.717, 1.165) is 23.6 Å². The van der Waals surface area contributed by atoms with E-state index in [-0.39, 0.29) is 18.1 Å². The molecule has 4 fully saturated rings. The first-order valence-corrected chi connectivity index (χ1v) is 10.9. The zero-order valence-electron chi connectivity index (χ0n) is 16.4. The molecule has 5 nitrogen and oxygen atoms in total. The van der Waals surface area contributed by atoms with Gasteiger partial charge in [-0.25, -0.2) is 4.98 Å². The number of benzene rings is 1. The minimum atomic E-state index is -0.242. The van der Waals surface area contributed by atoms with Crippen molar-refractivity contribution in [2.24, 2.45) is 17.8 Å². The van der Waals surface area contributed by atoms with E-state index in [2.05, 4.69) is 15.6 Å². The van der Waals surface area contributed by atoms with E-state index < -0.39 is 0 Å².